The van der Waals surface area contributed by atoms with Crippen LogP contribution >= 0.6 is 0 Å². The van der Waals surface area contributed by atoms with Crippen molar-refractivity contribution in [2.24, 2.45) is 0 Å². The van der Waals surface area contributed by atoms with Crippen molar-refractivity contribution in [2.45, 2.75) is 13.5 Å². The van der Waals surface area contributed by atoms with E-state index in [1.807, 2.05) is 31.2 Å². The smallest absolute Gasteiger partial charge is 0.268 e. The summed E-state index contributed by atoms with van der Waals surface area (Å²) >= 11 is 0. The highest BCUT2D eigenvalue weighted by Crippen LogP contribution is 2.21. The van der Waals surface area contributed by atoms with E-state index in [4.69, 9.17) is 13.7 Å². The van der Waals surface area contributed by atoms with E-state index in [0.29, 0.717) is 28.5 Å². The number of amides is 2. The summed E-state index contributed by atoms with van der Waals surface area (Å²) in [5.41, 5.74) is 2.08. The Hall–Kier alpha value is -4.66. The molecular weight excluding hydrogens is 436 g/mol. The van der Waals surface area contributed by atoms with Gasteiger partial charge < -0.3 is 24.3 Å². The molecule has 0 bridgehead atoms. The number of rotatable bonds is 8. The Kier molecular flexibility index (Phi) is 6.83. The van der Waals surface area contributed by atoms with Crippen LogP contribution in [0.1, 0.15) is 27.6 Å². The predicted molar refractivity (Wildman–Crippen MR) is 123 cm³/mol. The molecule has 0 radical (unpaired) electrons. The number of methoxy groups -OCH3 is 1. The molecule has 2 heterocycles. The van der Waals surface area contributed by atoms with Gasteiger partial charge in [-0.15, -0.1) is 0 Å². The first-order chi connectivity index (χ1) is 16.5. The average Bonchev–Trinajstić information content (AvgIpc) is 3.54. The molecule has 4 rings (SSSR count). The van der Waals surface area contributed by atoms with Gasteiger partial charge in [0.15, 0.2) is 0 Å². The third-order valence-corrected chi connectivity index (χ3v) is 4.80. The topological polar surface area (TPSA) is 119 Å². The zero-order valence-corrected chi connectivity index (χ0v) is 18.6. The summed E-state index contributed by atoms with van der Waals surface area (Å²) in [7, 11) is 1.57. The van der Waals surface area contributed by atoms with Gasteiger partial charge in [-0.3, -0.25) is 9.59 Å². The molecule has 9 nitrogen and oxygen atoms in total. The van der Waals surface area contributed by atoms with Gasteiger partial charge in [0.05, 0.1) is 19.9 Å². The van der Waals surface area contributed by atoms with Gasteiger partial charge in [-0.1, -0.05) is 35.0 Å². The van der Waals surface area contributed by atoms with Crippen LogP contribution < -0.4 is 15.4 Å². The third-order valence-electron chi connectivity index (χ3n) is 4.80. The fourth-order valence-corrected chi connectivity index (χ4v) is 3.11. The van der Waals surface area contributed by atoms with Crippen LogP contribution in [0.5, 0.6) is 5.75 Å². The van der Waals surface area contributed by atoms with Crippen LogP contribution in [0.2, 0.25) is 0 Å². The molecule has 0 atom stereocenters. The average molecular weight is 458 g/mol. The molecule has 2 aromatic heterocycles. The van der Waals surface area contributed by atoms with E-state index in [1.165, 1.54) is 12.3 Å². The van der Waals surface area contributed by atoms with Crippen LogP contribution in [0, 0.1) is 6.92 Å². The Morgan fingerprint density at radius 3 is 2.71 bits per heavy atom. The second-order valence-corrected chi connectivity index (χ2v) is 7.32. The van der Waals surface area contributed by atoms with E-state index >= 15 is 0 Å². The molecule has 0 unspecified atom stereocenters. The fraction of sp³-hybridized carbons (Fsp3) is 0.120. The number of nitrogens with one attached hydrogen (secondary N) is 2. The highest BCUT2D eigenvalue weighted by atomic mass is 16.5. The van der Waals surface area contributed by atoms with Crippen molar-refractivity contribution in [3.8, 4) is 17.1 Å². The molecule has 0 saturated carbocycles. The standard InChI is InChI=1S/C25H22N4O5/c1-16-6-3-8-18(12-16)24(30)27-21(14-20-10-5-11-33-20)25(31)26-15-22-28-23(29-34-22)17-7-4-9-19(13-17)32-2/h3-14H,15H2,1-2H3,(H,26,31)(H,27,30)/b21-14-. The SMILES string of the molecule is COc1cccc(-c2noc(CNC(=O)/C(=C/c3ccco3)NC(=O)c3cccc(C)c3)n2)c1. The summed E-state index contributed by atoms with van der Waals surface area (Å²) in [6.07, 6.45) is 2.92. The Balaban J connectivity index is 1.47. The van der Waals surface area contributed by atoms with Gasteiger partial charge in [-0.2, -0.15) is 4.98 Å². The molecule has 0 saturated heterocycles. The zero-order chi connectivity index (χ0) is 23.9. The first-order valence-electron chi connectivity index (χ1n) is 10.4. The molecular formula is C25H22N4O5. The Morgan fingerprint density at radius 2 is 1.94 bits per heavy atom. The van der Waals surface area contributed by atoms with Crippen LogP contribution in [0.4, 0.5) is 0 Å². The molecule has 0 aliphatic rings. The van der Waals surface area contributed by atoms with Crippen molar-refractivity contribution in [1.29, 1.82) is 0 Å². The summed E-state index contributed by atoms with van der Waals surface area (Å²) < 4.78 is 15.8. The molecule has 34 heavy (non-hydrogen) atoms. The maximum atomic E-state index is 12.9. The molecule has 0 aliphatic heterocycles. The lowest BCUT2D eigenvalue weighted by molar-refractivity contribution is -0.118. The molecule has 2 amide bonds. The third kappa shape index (κ3) is 5.57. The van der Waals surface area contributed by atoms with Crippen molar-refractivity contribution < 1.29 is 23.3 Å². The second kappa shape index (κ2) is 10.3. The van der Waals surface area contributed by atoms with Crippen LogP contribution in [-0.4, -0.2) is 29.1 Å². The number of hydrogen-bond acceptors (Lipinski definition) is 7. The number of furan rings is 1. The van der Waals surface area contributed by atoms with Gasteiger partial charge in [0.25, 0.3) is 11.8 Å². The number of aromatic nitrogens is 2. The minimum Gasteiger partial charge on any atom is -0.497 e. The molecule has 0 fully saturated rings. The van der Waals surface area contributed by atoms with Gasteiger partial charge >= 0.3 is 0 Å². The maximum Gasteiger partial charge on any atom is 0.268 e. The van der Waals surface area contributed by atoms with Gasteiger partial charge in [-0.25, -0.2) is 0 Å². The summed E-state index contributed by atoms with van der Waals surface area (Å²) in [6, 6.07) is 17.6. The quantitative estimate of drug-likeness (QED) is 0.386. The van der Waals surface area contributed by atoms with Gasteiger partial charge in [0, 0.05) is 17.2 Å². The van der Waals surface area contributed by atoms with Crippen LogP contribution in [0.3, 0.4) is 0 Å². The lowest BCUT2D eigenvalue weighted by atomic mass is 10.1. The predicted octanol–water partition coefficient (Wildman–Crippen LogP) is 3.73. The maximum absolute atomic E-state index is 12.9. The first-order valence-corrected chi connectivity index (χ1v) is 10.4. The van der Waals surface area contributed by atoms with Crippen molar-refractivity contribution in [1.82, 2.24) is 20.8 Å². The molecule has 0 aliphatic carbocycles. The Morgan fingerprint density at radius 1 is 1.09 bits per heavy atom. The number of hydrogen-bond donors (Lipinski definition) is 2. The van der Waals surface area contributed by atoms with E-state index in [2.05, 4.69) is 20.8 Å². The van der Waals surface area contributed by atoms with Crippen molar-refractivity contribution in [2.75, 3.05) is 7.11 Å². The van der Waals surface area contributed by atoms with Crippen molar-refractivity contribution in [3.05, 3.63) is 95.4 Å². The molecule has 2 aromatic carbocycles. The normalized spacial score (nSPS) is 11.2. The first kappa shape index (κ1) is 22.5. The van der Waals surface area contributed by atoms with Crippen LogP contribution in [0.15, 0.2) is 81.6 Å². The zero-order valence-electron chi connectivity index (χ0n) is 18.6. The molecule has 172 valence electrons. The van der Waals surface area contributed by atoms with Crippen LogP contribution in [0.25, 0.3) is 17.5 Å². The Labute approximate surface area is 195 Å². The molecule has 0 spiro atoms. The van der Waals surface area contributed by atoms with Gasteiger partial charge in [0.1, 0.15) is 17.2 Å². The lowest BCUT2D eigenvalue weighted by Crippen LogP contribution is -2.34. The monoisotopic (exact) mass is 458 g/mol. The summed E-state index contributed by atoms with van der Waals surface area (Å²) in [4.78, 5) is 29.9. The van der Waals surface area contributed by atoms with Crippen molar-refractivity contribution >= 4 is 17.9 Å². The number of benzene rings is 2. The fourth-order valence-electron chi connectivity index (χ4n) is 3.11. The highest BCUT2D eigenvalue weighted by Gasteiger charge is 2.17. The summed E-state index contributed by atoms with van der Waals surface area (Å²) in [6.45, 7) is 1.85. The molecule has 4 aromatic rings. The van der Waals surface area contributed by atoms with Crippen LogP contribution in [-0.2, 0) is 11.3 Å². The number of carbonyl (C=O) groups is 2. The second-order valence-electron chi connectivity index (χ2n) is 7.32. The summed E-state index contributed by atoms with van der Waals surface area (Å²) in [5.74, 6) is 0.672. The van der Waals surface area contributed by atoms with E-state index in [1.54, 1.807) is 43.5 Å². The number of carbonyl (C=O) groups excluding carboxylic acids is 2. The lowest BCUT2D eigenvalue weighted by Gasteiger charge is -2.10. The highest BCUT2D eigenvalue weighted by molar-refractivity contribution is 6.05. The van der Waals surface area contributed by atoms with Gasteiger partial charge in [0.2, 0.25) is 11.7 Å². The van der Waals surface area contributed by atoms with E-state index in [-0.39, 0.29) is 18.1 Å². The molecule has 2 N–H and O–H groups in total. The Bertz CT molecular complexity index is 1320. The molecule has 9 heteroatoms. The van der Waals surface area contributed by atoms with Crippen molar-refractivity contribution in [3.63, 3.8) is 0 Å². The van der Waals surface area contributed by atoms with E-state index in [9.17, 15) is 9.59 Å². The largest absolute Gasteiger partial charge is 0.497 e. The number of ether oxygens (including phenoxy) is 1. The van der Waals surface area contributed by atoms with Gasteiger partial charge in [-0.05, 0) is 43.3 Å². The minimum absolute atomic E-state index is 0.00832. The summed E-state index contributed by atoms with van der Waals surface area (Å²) in [5, 5.41) is 9.28. The number of aryl methyl sites for hydroxylation is 1. The number of nitrogens with zero attached hydrogens (tertiary/aromatic N) is 2. The van der Waals surface area contributed by atoms with E-state index < -0.39 is 11.8 Å². The van der Waals surface area contributed by atoms with E-state index in [0.717, 1.165) is 5.56 Å². The minimum atomic E-state index is -0.543.